The molecular weight excluding hydrogens is 222 g/mol. The molecule has 17 heavy (non-hydrogen) atoms. The van der Waals surface area contributed by atoms with E-state index in [0.29, 0.717) is 13.1 Å². The third-order valence-corrected chi connectivity index (χ3v) is 2.87. The van der Waals surface area contributed by atoms with E-state index in [1.165, 1.54) is 12.1 Å². The first kappa shape index (κ1) is 11.7. The molecule has 0 spiro atoms. The van der Waals surface area contributed by atoms with Crippen LogP contribution in [0.25, 0.3) is 0 Å². The van der Waals surface area contributed by atoms with Crippen molar-refractivity contribution in [3.8, 4) is 5.88 Å². The Kier molecular flexibility index (Phi) is 3.14. The van der Waals surface area contributed by atoms with E-state index in [2.05, 4.69) is 9.88 Å². The third-order valence-electron chi connectivity index (χ3n) is 2.87. The van der Waals surface area contributed by atoms with Gasteiger partial charge in [0.05, 0.1) is 5.56 Å². The maximum atomic E-state index is 12.1. The van der Waals surface area contributed by atoms with Gasteiger partial charge >= 0.3 is 0 Å². The summed E-state index contributed by atoms with van der Waals surface area (Å²) in [5.74, 6) is -0.491. The number of aromatic amines is 1. The highest BCUT2D eigenvalue weighted by Crippen LogP contribution is 2.09. The van der Waals surface area contributed by atoms with E-state index >= 15 is 0 Å². The van der Waals surface area contributed by atoms with Gasteiger partial charge in [0.1, 0.15) is 0 Å². The van der Waals surface area contributed by atoms with Crippen molar-refractivity contribution in [2.75, 3.05) is 33.2 Å². The van der Waals surface area contributed by atoms with Crippen LogP contribution >= 0.6 is 0 Å². The number of aromatic hydroxyl groups is 1. The fourth-order valence-corrected chi connectivity index (χ4v) is 1.84. The molecule has 0 aliphatic carbocycles. The van der Waals surface area contributed by atoms with E-state index in [1.54, 1.807) is 4.90 Å². The van der Waals surface area contributed by atoms with Gasteiger partial charge in [-0.05, 0) is 7.05 Å². The van der Waals surface area contributed by atoms with Crippen molar-refractivity contribution < 1.29 is 9.90 Å². The number of H-pyrrole nitrogens is 1. The fraction of sp³-hybridized carbons (Fsp3) is 0.455. The number of nitrogens with one attached hydrogen (secondary N) is 1. The van der Waals surface area contributed by atoms with Crippen LogP contribution in [0.4, 0.5) is 0 Å². The molecule has 1 amide bonds. The molecule has 1 saturated heterocycles. The number of amides is 1. The lowest BCUT2D eigenvalue weighted by molar-refractivity contribution is 0.0663. The number of piperazine rings is 1. The van der Waals surface area contributed by atoms with Gasteiger partial charge in [0.25, 0.3) is 11.5 Å². The van der Waals surface area contributed by atoms with Crippen molar-refractivity contribution in [2.24, 2.45) is 0 Å². The van der Waals surface area contributed by atoms with E-state index in [4.69, 9.17) is 0 Å². The SMILES string of the molecule is CN1CCN(C(=O)c2cc(O)[nH]c(=O)c2)CC1. The van der Waals surface area contributed by atoms with Crippen molar-refractivity contribution in [1.82, 2.24) is 14.8 Å². The van der Waals surface area contributed by atoms with Crippen LogP contribution in [0.1, 0.15) is 10.4 Å². The van der Waals surface area contributed by atoms with E-state index in [9.17, 15) is 14.7 Å². The number of likely N-dealkylation sites (N-methyl/N-ethyl adjacent to an activating group) is 1. The predicted molar refractivity (Wildman–Crippen MR) is 62.1 cm³/mol. The lowest BCUT2D eigenvalue weighted by atomic mass is 10.2. The number of carbonyl (C=O) groups excluding carboxylic acids is 1. The minimum Gasteiger partial charge on any atom is -0.494 e. The Hall–Kier alpha value is -1.82. The molecular formula is C11H15N3O3. The van der Waals surface area contributed by atoms with Gasteiger partial charge in [0.15, 0.2) is 5.88 Å². The maximum Gasteiger partial charge on any atom is 0.254 e. The highest BCUT2D eigenvalue weighted by atomic mass is 16.3. The van der Waals surface area contributed by atoms with Crippen LogP contribution in [0.5, 0.6) is 5.88 Å². The number of hydrogen-bond acceptors (Lipinski definition) is 4. The van der Waals surface area contributed by atoms with E-state index < -0.39 is 5.56 Å². The van der Waals surface area contributed by atoms with Gasteiger partial charge in [-0.15, -0.1) is 0 Å². The van der Waals surface area contributed by atoms with Gasteiger partial charge in [-0.2, -0.15) is 0 Å². The first-order valence-electron chi connectivity index (χ1n) is 5.47. The van der Waals surface area contributed by atoms with Crippen LogP contribution in [0.3, 0.4) is 0 Å². The largest absolute Gasteiger partial charge is 0.494 e. The zero-order chi connectivity index (χ0) is 12.4. The number of aromatic nitrogens is 1. The molecule has 1 aliphatic rings. The molecule has 6 heteroatoms. The smallest absolute Gasteiger partial charge is 0.254 e. The van der Waals surface area contributed by atoms with Crippen LogP contribution in [-0.2, 0) is 0 Å². The summed E-state index contributed by atoms with van der Waals surface area (Å²) < 4.78 is 0. The molecule has 1 aromatic heterocycles. The van der Waals surface area contributed by atoms with Gasteiger partial charge in [-0.3, -0.25) is 14.6 Å². The molecule has 1 aliphatic heterocycles. The number of rotatable bonds is 1. The van der Waals surface area contributed by atoms with Gasteiger partial charge in [0.2, 0.25) is 0 Å². The standard InChI is InChI=1S/C11H15N3O3/c1-13-2-4-14(5-3-13)11(17)8-6-9(15)12-10(16)7-8/h6-7H,2-5H2,1H3,(H2,12,15,16). The Bertz CT molecular complexity index is 475. The van der Waals surface area contributed by atoms with Crippen LogP contribution < -0.4 is 5.56 Å². The molecule has 0 saturated carbocycles. The average molecular weight is 237 g/mol. The topological polar surface area (TPSA) is 76.6 Å². The highest BCUT2D eigenvalue weighted by Gasteiger charge is 2.20. The second kappa shape index (κ2) is 4.58. The zero-order valence-electron chi connectivity index (χ0n) is 9.64. The monoisotopic (exact) mass is 237 g/mol. The Morgan fingerprint density at radius 2 is 1.94 bits per heavy atom. The summed E-state index contributed by atoms with van der Waals surface area (Å²) in [6.07, 6.45) is 0. The lowest BCUT2D eigenvalue weighted by Gasteiger charge is -2.32. The number of nitrogens with zero attached hydrogens (tertiary/aromatic N) is 2. The van der Waals surface area contributed by atoms with Crippen LogP contribution in [0.15, 0.2) is 16.9 Å². The molecule has 2 heterocycles. The van der Waals surface area contributed by atoms with Gasteiger partial charge in [0, 0.05) is 38.3 Å². The van der Waals surface area contributed by atoms with Crippen LogP contribution in [0, 0.1) is 0 Å². The Morgan fingerprint density at radius 3 is 2.53 bits per heavy atom. The minimum absolute atomic E-state index is 0.209. The van der Waals surface area contributed by atoms with Crippen molar-refractivity contribution in [3.63, 3.8) is 0 Å². The summed E-state index contributed by atoms with van der Waals surface area (Å²) in [6, 6.07) is 2.49. The molecule has 2 N–H and O–H groups in total. The second-order valence-corrected chi connectivity index (χ2v) is 4.21. The summed E-state index contributed by atoms with van der Waals surface area (Å²) in [5.41, 5.74) is -0.238. The van der Waals surface area contributed by atoms with E-state index in [0.717, 1.165) is 13.1 Å². The van der Waals surface area contributed by atoms with Crippen molar-refractivity contribution in [1.29, 1.82) is 0 Å². The van der Waals surface area contributed by atoms with Crippen LogP contribution in [-0.4, -0.2) is 59.0 Å². The molecule has 0 aromatic carbocycles. The Balaban J connectivity index is 2.16. The number of pyridine rings is 1. The summed E-state index contributed by atoms with van der Waals surface area (Å²) >= 11 is 0. The van der Waals surface area contributed by atoms with Crippen LogP contribution in [0.2, 0.25) is 0 Å². The lowest BCUT2D eigenvalue weighted by Crippen LogP contribution is -2.47. The van der Waals surface area contributed by atoms with Crippen molar-refractivity contribution in [2.45, 2.75) is 0 Å². The fourth-order valence-electron chi connectivity index (χ4n) is 1.84. The molecule has 0 atom stereocenters. The normalized spacial score (nSPS) is 17.1. The molecule has 2 rings (SSSR count). The van der Waals surface area contributed by atoms with Crippen molar-refractivity contribution in [3.05, 3.63) is 28.0 Å². The molecule has 0 radical (unpaired) electrons. The maximum absolute atomic E-state index is 12.1. The summed E-state index contributed by atoms with van der Waals surface area (Å²) in [7, 11) is 2.00. The molecule has 92 valence electrons. The number of carbonyl (C=O) groups is 1. The summed E-state index contributed by atoms with van der Waals surface area (Å²) in [4.78, 5) is 29.2. The van der Waals surface area contributed by atoms with Crippen molar-refractivity contribution >= 4 is 5.91 Å². The molecule has 6 nitrogen and oxygen atoms in total. The molecule has 1 fully saturated rings. The van der Waals surface area contributed by atoms with Gasteiger partial charge < -0.3 is 14.9 Å². The first-order valence-corrected chi connectivity index (χ1v) is 5.47. The molecule has 1 aromatic rings. The van der Waals surface area contributed by atoms with E-state index in [-0.39, 0.29) is 17.4 Å². The first-order chi connectivity index (χ1) is 8.06. The predicted octanol–water partition coefficient (Wildman–Crippen LogP) is -0.532. The van der Waals surface area contributed by atoms with Gasteiger partial charge in [-0.1, -0.05) is 0 Å². The molecule has 0 unspecified atom stereocenters. The molecule has 0 bridgehead atoms. The second-order valence-electron chi connectivity index (χ2n) is 4.21. The Morgan fingerprint density at radius 1 is 1.29 bits per heavy atom. The highest BCUT2D eigenvalue weighted by molar-refractivity contribution is 5.94. The minimum atomic E-state index is -0.470. The van der Waals surface area contributed by atoms with Gasteiger partial charge in [-0.25, -0.2) is 0 Å². The average Bonchev–Trinajstić information content (AvgIpc) is 2.28. The van der Waals surface area contributed by atoms with E-state index in [1.807, 2.05) is 7.05 Å². The summed E-state index contributed by atoms with van der Waals surface area (Å²) in [5, 5.41) is 9.25. The third kappa shape index (κ3) is 2.65. The number of hydrogen-bond donors (Lipinski definition) is 2. The Labute approximate surface area is 98.5 Å². The quantitative estimate of drug-likeness (QED) is 0.688. The zero-order valence-corrected chi connectivity index (χ0v) is 9.64. The summed E-state index contributed by atoms with van der Waals surface area (Å²) in [6.45, 7) is 2.92.